The third kappa shape index (κ3) is 9.17. The minimum atomic E-state index is -10.7. The molecule has 0 saturated carbocycles. The molecule has 4 rings (SSSR count). The maximum absolute atomic E-state index is 10.7. The van der Waals surface area contributed by atoms with E-state index in [9.17, 15) is 25.2 Å². The van der Waals surface area contributed by atoms with Gasteiger partial charge in [-0.2, -0.15) is 0 Å². The molecule has 3 aromatic carbocycles. The van der Waals surface area contributed by atoms with Crippen molar-refractivity contribution >= 4 is 30.9 Å². The molecule has 0 aliphatic carbocycles. The Kier molecular flexibility index (Phi) is 6.29. The molecule has 1 aromatic heterocycles. The summed E-state index contributed by atoms with van der Waals surface area (Å²) in [7, 11) is -10.7. The zero-order valence-corrected chi connectivity index (χ0v) is 18.4. The molecule has 0 aliphatic rings. The number of halogens is 6. The SMILES string of the molecule is F[P-](F)(F)(F)(F)F.c1ccc([SH+]c2ccc(-c3cc(-c4ccccc4)cs3)cc2)cc1. The van der Waals surface area contributed by atoms with Gasteiger partial charge in [0.05, 0.1) is 0 Å². The third-order valence-corrected chi connectivity index (χ3v) is 5.96. The Morgan fingerprint density at radius 3 is 1.58 bits per heavy atom. The van der Waals surface area contributed by atoms with Gasteiger partial charge in [-0.25, -0.2) is 0 Å². The second kappa shape index (κ2) is 8.34. The normalized spacial score (nSPS) is 13.5. The molecule has 31 heavy (non-hydrogen) atoms. The summed E-state index contributed by atoms with van der Waals surface area (Å²) in [5.74, 6) is 0. The van der Waals surface area contributed by atoms with Crippen molar-refractivity contribution in [2.45, 2.75) is 9.79 Å². The van der Waals surface area contributed by atoms with Gasteiger partial charge in [-0.05, 0) is 64.5 Å². The molecule has 4 aromatic rings. The smallest absolute Gasteiger partial charge is 0.143 e. The molecule has 0 saturated heterocycles. The van der Waals surface area contributed by atoms with Crippen molar-refractivity contribution in [3.05, 3.63) is 96.4 Å². The Bertz CT molecular complexity index is 1110. The fourth-order valence-corrected chi connectivity index (χ4v) is 4.46. The fraction of sp³-hybridized carbons (Fsp3) is 0. The first-order valence-electron chi connectivity index (χ1n) is 8.91. The quantitative estimate of drug-likeness (QED) is 0.116. The predicted molar refractivity (Wildman–Crippen MR) is 120 cm³/mol. The first-order valence-corrected chi connectivity index (χ1v) is 12.7. The first kappa shape index (κ1) is 23.4. The van der Waals surface area contributed by atoms with E-state index in [1.54, 1.807) is 11.3 Å². The summed E-state index contributed by atoms with van der Waals surface area (Å²) >= 11 is 3.06. The van der Waals surface area contributed by atoms with Crippen LogP contribution in [0, 0.1) is 0 Å². The summed E-state index contributed by atoms with van der Waals surface area (Å²) < 4.78 is 59.2. The zero-order chi connectivity index (χ0) is 22.6. The van der Waals surface area contributed by atoms with Crippen LogP contribution in [0.2, 0.25) is 0 Å². The van der Waals surface area contributed by atoms with E-state index < -0.39 is 7.81 Å². The summed E-state index contributed by atoms with van der Waals surface area (Å²) in [6.07, 6.45) is 0. The molecular formula is C22H17F6PS2. The van der Waals surface area contributed by atoms with E-state index >= 15 is 0 Å². The molecule has 0 radical (unpaired) electrons. The van der Waals surface area contributed by atoms with Gasteiger partial charge in [0.15, 0.2) is 9.79 Å². The van der Waals surface area contributed by atoms with E-state index in [0.717, 1.165) is 0 Å². The number of thiol groups is 1. The molecule has 0 spiro atoms. The second-order valence-corrected chi connectivity index (χ2v) is 10.6. The molecule has 9 heteroatoms. The summed E-state index contributed by atoms with van der Waals surface area (Å²) in [4.78, 5) is 3.97. The average Bonchev–Trinajstić information content (AvgIpc) is 3.18. The Morgan fingerprint density at radius 1 is 0.548 bits per heavy atom. The standard InChI is InChI=1S/C22H16S2.F6P/c1-3-7-17(8-4-1)19-15-22(23-16-19)18-11-13-21(14-12-18)24-20-9-5-2-6-10-20;1-7(2,3,4,5)6/h1-16H;/q;-1/p+1. The number of thiophene rings is 1. The van der Waals surface area contributed by atoms with Crippen LogP contribution in [-0.2, 0) is 11.8 Å². The number of benzene rings is 3. The van der Waals surface area contributed by atoms with Crippen molar-refractivity contribution < 1.29 is 25.2 Å². The van der Waals surface area contributed by atoms with E-state index in [0.29, 0.717) is 0 Å². The van der Waals surface area contributed by atoms with Crippen molar-refractivity contribution in [2.75, 3.05) is 0 Å². The van der Waals surface area contributed by atoms with E-state index in [4.69, 9.17) is 0 Å². The topological polar surface area (TPSA) is 0 Å². The van der Waals surface area contributed by atoms with Crippen LogP contribution in [0.15, 0.2) is 106 Å². The monoisotopic (exact) mass is 490 g/mol. The largest absolute Gasteiger partial charge is 0.158 e. The van der Waals surface area contributed by atoms with Crippen LogP contribution in [0.5, 0.6) is 0 Å². The second-order valence-electron chi connectivity index (χ2n) is 6.52. The molecule has 1 heterocycles. The van der Waals surface area contributed by atoms with Crippen LogP contribution >= 0.6 is 19.1 Å². The van der Waals surface area contributed by atoms with Gasteiger partial charge in [-0.15, -0.1) is 11.3 Å². The Hall–Kier alpha value is -2.28. The van der Waals surface area contributed by atoms with Crippen LogP contribution in [0.1, 0.15) is 0 Å². The molecule has 0 fully saturated rings. The number of hydrogen-bond acceptors (Lipinski definition) is 1. The average molecular weight is 490 g/mol. The van der Waals surface area contributed by atoms with Crippen molar-refractivity contribution in [1.82, 2.24) is 0 Å². The summed E-state index contributed by atoms with van der Waals surface area (Å²) in [5.41, 5.74) is 3.86. The molecule has 0 atom stereocenters. The van der Waals surface area contributed by atoms with Crippen LogP contribution in [0.3, 0.4) is 0 Å². The Labute approximate surface area is 183 Å². The van der Waals surface area contributed by atoms with Gasteiger partial charge in [-0.3, -0.25) is 0 Å². The van der Waals surface area contributed by atoms with Gasteiger partial charge in [0.1, 0.15) is 0 Å². The van der Waals surface area contributed by atoms with Crippen LogP contribution in [0.25, 0.3) is 21.6 Å². The molecular weight excluding hydrogens is 473 g/mol. The third-order valence-electron chi connectivity index (χ3n) is 3.87. The summed E-state index contributed by atoms with van der Waals surface area (Å²) in [6.45, 7) is 0. The van der Waals surface area contributed by atoms with Gasteiger partial charge in [0, 0.05) is 16.6 Å². The first-order chi connectivity index (χ1) is 14.3. The van der Waals surface area contributed by atoms with E-state index in [1.807, 2.05) is 0 Å². The predicted octanol–water partition coefficient (Wildman–Crippen LogP) is 9.70. The fourth-order valence-electron chi connectivity index (χ4n) is 2.62. The number of rotatable bonds is 4. The van der Waals surface area contributed by atoms with E-state index in [1.165, 1.54) is 43.1 Å². The number of hydrogen-bond donors (Lipinski definition) is 0. The van der Waals surface area contributed by atoms with Gasteiger partial charge in [-0.1, -0.05) is 48.5 Å². The minimum Gasteiger partial charge on any atom is -0.143 e. The van der Waals surface area contributed by atoms with Gasteiger partial charge in [0.25, 0.3) is 0 Å². The maximum atomic E-state index is 9.87. The van der Waals surface area contributed by atoms with Gasteiger partial charge < -0.3 is 0 Å². The molecule has 0 amide bonds. The molecule has 0 bridgehead atoms. The van der Waals surface area contributed by atoms with Crippen molar-refractivity contribution in [1.29, 1.82) is 0 Å². The zero-order valence-electron chi connectivity index (χ0n) is 15.8. The van der Waals surface area contributed by atoms with Gasteiger partial charge >= 0.3 is 33.0 Å². The van der Waals surface area contributed by atoms with E-state index in [2.05, 4.69) is 96.4 Å². The van der Waals surface area contributed by atoms with E-state index in [-0.39, 0.29) is 0 Å². The molecule has 0 aliphatic heterocycles. The molecule has 0 N–H and O–H groups in total. The Morgan fingerprint density at radius 2 is 1.03 bits per heavy atom. The van der Waals surface area contributed by atoms with Crippen LogP contribution in [0.4, 0.5) is 25.2 Å². The van der Waals surface area contributed by atoms with Gasteiger partial charge in [0.2, 0.25) is 0 Å². The van der Waals surface area contributed by atoms with Crippen molar-refractivity contribution in [2.24, 2.45) is 0 Å². The maximum Gasteiger partial charge on any atom is 0.158 e. The molecule has 0 unspecified atom stereocenters. The van der Waals surface area contributed by atoms with Crippen molar-refractivity contribution in [3.63, 3.8) is 0 Å². The Balaban J connectivity index is 0.000000339. The molecule has 164 valence electrons. The van der Waals surface area contributed by atoms with Crippen LogP contribution in [-0.4, -0.2) is 0 Å². The van der Waals surface area contributed by atoms with Crippen LogP contribution < -0.4 is 0 Å². The summed E-state index contributed by atoms with van der Waals surface area (Å²) in [5, 5.41) is 2.24. The van der Waals surface area contributed by atoms with Crippen molar-refractivity contribution in [3.8, 4) is 21.6 Å². The minimum absolute atomic E-state index is 1.26. The molecule has 0 nitrogen and oxygen atoms in total. The summed E-state index contributed by atoms with van der Waals surface area (Å²) in [6, 6.07) is 32.3.